The summed E-state index contributed by atoms with van der Waals surface area (Å²) in [6, 6.07) is 0. The average Bonchev–Trinajstić information content (AvgIpc) is 2.45. The molecule has 0 unspecified atom stereocenters. The monoisotopic (exact) mass is 280 g/mol. The predicted octanol–water partition coefficient (Wildman–Crippen LogP) is 5.76. The lowest BCUT2D eigenvalue weighted by Crippen LogP contribution is -2.32. The van der Waals surface area contributed by atoms with Gasteiger partial charge in [-0.05, 0) is 25.3 Å². The van der Waals surface area contributed by atoms with E-state index in [0.717, 1.165) is 25.0 Å². The smallest absolute Gasteiger partial charge is 0.321 e. The van der Waals surface area contributed by atoms with Gasteiger partial charge in [-0.3, -0.25) is 4.79 Å². The Morgan fingerprint density at radius 2 is 1.50 bits per heavy atom. The molecule has 1 saturated heterocycles. The molecule has 1 rings (SSSR count). The normalized spacial score (nSPS) is 20.0. The van der Waals surface area contributed by atoms with Crippen LogP contribution >= 0.6 is 0 Å². The Balaban J connectivity index is 2.10. The second-order valence-corrected chi connectivity index (χ2v) is 5.99. The first-order chi connectivity index (χ1) is 9.79. The van der Waals surface area contributed by atoms with E-state index in [-0.39, 0.29) is 11.9 Å². The molecule has 1 fully saturated rings. The van der Waals surface area contributed by atoms with Crippen molar-refractivity contribution in [3.05, 3.63) is 11.8 Å². The van der Waals surface area contributed by atoms with Crippen molar-refractivity contribution < 1.29 is 9.53 Å². The fraction of sp³-hybridized carbons (Fsp3) is 0.833. The van der Waals surface area contributed by atoms with E-state index in [4.69, 9.17) is 4.74 Å². The highest BCUT2D eigenvalue weighted by molar-refractivity contribution is 5.82. The van der Waals surface area contributed by atoms with Crippen molar-refractivity contribution in [1.29, 1.82) is 0 Å². The number of esters is 1. The first kappa shape index (κ1) is 17.3. The highest BCUT2D eigenvalue weighted by atomic mass is 16.6. The van der Waals surface area contributed by atoms with Gasteiger partial charge < -0.3 is 4.74 Å². The number of cyclic esters (lactones) is 1. The van der Waals surface area contributed by atoms with Gasteiger partial charge in [0.15, 0.2) is 0 Å². The van der Waals surface area contributed by atoms with Crippen LogP contribution in [0.5, 0.6) is 0 Å². The van der Waals surface area contributed by atoms with Crippen LogP contribution in [0.25, 0.3) is 0 Å². The van der Waals surface area contributed by atoms with E-state index in [1.54, 1.807) is 0 Å². The van der Waals surface area contributed by atoms with Crippen molar-refractivity contribution in [2.45, 2.75) is 90.9 Å². The number of hydrogen-bond donors (Lipinski definition) is 0. The minimum atomic E-state index is -0.00211. The largest absolute Gasteiger partial charge is 0.430 e. The minimum absolute atomic E-state index is 0.00211. The topological polar surface area (TPSA) is 26.3 Å². The molecular formula is C18H32O2. The van der Waals surface area contributed by atoms with Crippen LogP contribution in [0.1, 0.15) is 90.9 Å². The van der Waals surface area contributed by atoms with E-state index in [2.05, 4.69) is 19.9 Å². The van der Waals surface area contributed by atoms with Crippen molar-refractivity contribution in [2.24, 2.45) is 5.92 Å². The molecule has 0 saturated carbocycles. The van der Waals surface area contributed by atoms with Gasteiger partial charge in [0.1, 0.15) is 11.7 Å². The van der Waals surface area contributed by atoms with E-state index in [1.165, 1.54) is 57.8 Å². The number of unbranched alkanes of at least 4 members (excludes halogenated alkanes) is 9. The van der Waals surface area contributed by atoms with E-state index in [9.17, 15) is 4.79 Å². The summed E-state index contributed by atoms with van der Waals surface area (Å²) in [6.07, 6.45) is 17.0. The Labute approximate surface area is 125 Å². The number of allylic oxidation sites excluding steroid dienone is 1. The maximum atomic E-state index is 11.5. The Kier molecular flexibility index (Phi) is 9.44. The van der Waals surface area contributed by atoms with Gasteiger partial charge >= 0.3 is 5.97 Å². The third-order valence-electron chi connectivity index (χ3n) is 4.10. The zero-order valence-electron chi connectivity index (χ0n) is 13.5. The summed E-state index contributed by atoms with van der Waals surface area (Å²) in [7, 11) is 0. The molecule has 0 amide bonds. The van der Waals surface area contributed by atoms with Crippen LogP contribution in [0.2, 0.25) is 0 Å². The number of ether oxygens (including phenoxy) is 1. The third-order valence-corrected chi connectivity index (χ3v) is 4.10. The van der Waals surface area contributed by atoms with Crippen molar-refractivity contribution in [1.82, 2.24) is 0 Å². The molecule has 1 heterocycles. The maximum absolute atomic E-state index is 11.5. The summed E-state index contributed by atoms with van der Waals surface area (Å²) >= 11 is 0. The molecule has 0 aliphatic carbocycles. The van der Waals surface area contributed by atoms with E-state index < -0.39 is 0 Å². The highest BCUT2D eigenvalue weighted by Gasteiger charge is 2.36. The van der Waals surface area contributed by atoms with Crippen LogP contribution in [0.15, 0.2) is 11.8 Å². The molecule has 0 spiro atoms. The number of hydrogen-bond acceptors (Lipinski definition) is 2. The Hall–Kier alpha value is -0.790. The van der Waals surface area contributed by atoms with Crippen molar-refractivity contribution >= 4 is 5.97 Å². The van der Waals surface area contributed by atoms with Gasteiger partial charge in [0.25, 0.3) is 0 Å². The van der Waals surface area contributed by atoms with Crippen LogP contribution in [-0.4, -0.2) is 5.97 Å². The van der Waals surface area contributed by atoms with Gasteiger partial charge in [-0.15, -0.1) is 0 Å². The fourth-order valence-electron chi connectivity index (χ4n) is 2.70. The fourth-order valence-corrected chi connectivity index (χ4v) is 2.70. The second-order valence-electron chi connectivity index (χ2n) is 5.99. The maximum Gasteiger partial charge on any atom is 0.321 e. The molecule has 1 aliphatic heterocycles. The first-order valence-electron chi connectivity index (χ1n) is 8.71. The molecular weight excluding hydrogens is 248 g/mol. The van der Waals surface area contributed by atoms with Crippen LogP contribution in [-0.2, 0) is 9.53 Å². The van der Waals surface area contributed by atoms with Gasteiger partial charge in [-0.2, -0.15) is 0 Å². The summed E-state index contributed by atoms with van der Waals surface area (Å²) < 4.78 is 5.18. The molecule has 20 heavy (non-hydrogen) atoms. The number of rotatable bonds is 12. The Bertz CT molecular complexity index is 294. The molecule has 2 heteroatoms. The highest BCUT2D eigenvalue weighted by Crippen LogP contribution is 2.32. The average molecular weight is 280 g/mol. The third kappa shape index (κ3) is 6.58. The van der Waals surface area contributed by atoms with Crippen LogP contribution in [0.3, 0.4) is 0 Å². The molecule has 0 aromatic carbocycles. The number of carbonyl (C=O) groups is 1. The Morgan fingerprint density at radius 1 is 0.900 bits per heavy atom. The standard InChI is InChI=1S/C18H32O2/c1-3-5-7-9-11-13-15-17-16(18(19)20-17)14-12-10-8-6-4-2/h15-16H,3-14H2,1-2H3/b17-15-/t16-/m0/s1. The summed E-state index contributed by atoms with van der Waals surface area (Å²) in [6.45, 7) is 4.46. The zero-order valence-corrected chi connectivity index (χ0v) is 13.5. The lowest BCUT2D eigenvalue weighted by Gasteiger charge is -2.28. The van der Waals surface area contributed by atoms with Gasteiger partial charge in [0.2, 0.25) is 0 Å². The zero-order chi connectivity index (χ0) is 14.6. The van der Waals surface area contributed by atoms with Crippen molar-refractivity contribution in [2.75, 3.05) is 0 Å². The molecule has 0 aromatic rings. The molecule has 2 nitrogen and oxygen atoms in total. The SMILES string of the molecule is CCCCCCC/C=C1\OC(=O)[C@H]1CCCCCCC. The summed E-state index contributed by atoms with van der Waals surface area (Å²) in [5.74, 6) is 1.05. The van der Waals surface area contributed by atoms with Crippen molar-refractivity contribution in [3.8, 4) is 0 Å². The molecule has 0 radical (unpaired) electrons. The van der Waals surface area contributed by atoms with E-state index in [1.807, 2.05) is 0 Å². The second kappa shape index (κ2) is 10.9. The van der Waals surface area contributed by atoms with E-state index in [0.29, 0.717) is 0 Å². The summed E-state index contributed by atoms with van der Waals surface area (Å²) in [5, 5.41) is 0. The van der Waals surface area contributed by atoms with Crippen LogP contribution in [0, 0.1) is 5.92 Å². The van der Waals surface area contributed by atoms with Gasteiger partial charge in [0.05, 0.1) is 0 Å². The first-order valence-corrected chi connectivity index (χ1v) is 8.71. The van der Waals surface area contributed by atoms with Crippen molar-refractivity contribution in [3.63, 3.8) is 0 Å². The number of carbonyl (C=O) groups excluding carboxylic acids is 1. The quantitative estimate of drug-likeness (QED) is 0.335. The molecule has 1 atom stereocenters. The van der Waals surface area contributed by atoms with Gasteiger partial charge in [-0.1, -0.05) is 71.6 Å². The lowest BCUT2D eigenvalue weighted by atomic mass is 9.93. The van der Waals surface area contributed by atoms with Gasteiger partial charge in [-0.25, -0.2) is 0 Å². The Morgan fingerprint density at radius 3 is 2.10 bits per heavy atom. The molecule has 1 aliphatic rings. The molecule has 0 aromatic heterocycles. The minimum Gasteiger partial charge on any atom is -0.430 e. The lowest BCUT2D eigenvalue weighted by molar-refractivity contribution is -0.157. The summed E-state index contributed by atoms with van der Waals surface area (Å²) in [5.41, 5.74) is 0. The summed E-state index contributed by atoms with van der Waals surface area (Å²) in [4.78, 5) is 11.5. The molecule has 0 bridgehead atoms. The van der Waals surface area contributed by atoms with Crippen LogP contribution < -0.4 is 0 Å². The molecule has 116 valence electrons. The van der Waals surface area contributed by atoms with E-state index >= 15 is 0 Å². The van der Waals surface area contributed by atoms with Gasteiger partial charge in [0, 0.05) is 0 Å². The predicted molar refractivity (Wildman–Crippen MR) is 84.4 cm³/mol. The van der Waals surface area contributed by atoms with Crippen LogP contribution in [0.4, 0.5) is 0 Å². The molecule has 0 N–H and O–H groups in total.